The molecule has 9 heteroatoms. The van der Waals surface area contributed by atoms with Gasteiger partial charge in [-0.1, -0.05) is 0 Å². The number of rotatable bonds is 4. The summed E-state index contributed by atoms with van der Waals surface area (Å²) >= 11 is 1.40. The Bertz CT molecular complexity index is 767. The second-order valence-electron chi connectivity index (χ2n) is 5.92. The van der Waals surface area contributed by atoms with Crippen molar-refractivity contribution in [3.63, 3.8) is 0 Å². The number of nitrogens with one attached hydrogen (secondary N) is 1. The van der Waals surface area contributed by atoms with Crippen molar-refractivity contribution in [3.8, 4) is 5.88 Å². The van der Waals surface area contributed by atoms with Crippen LogP contribution in [0.3, 0.4) is 0 Å². The van der Waals surface area contributed by atoms with Gasteiger partial charge in [-0.3, -0.25) is 4.79 Å². The van der Waals surface area contributed by atoms with Crippen LogP contribution in [-0.2, 0) is 11.3 Å². The number of hydrogen-bond donors (Lipinski definition) is 1. The molecule has 0 bridgehead atoms. The number of carbonyl (C=O) groups is 1. The smallest absolute Gasteiger partial charge is 0.264 e. The van der Waals surface area contributed by atoms with E-state index in [2.05, 4.69) is 22.2 Å². The molecule has 1 aliphatic rings. The first kappa shape index (κ1) is 19.8. The molecule has 1 amide bonds. The highest BCUT2D eigenvalue weighted by atomic mass is 35.5. The summed E-state index contributed by atoms with van der Waals surface area (Å²) in [6.45, 7) is 6.57. The van der Waals surface area contributed by atoms with Gasteiger partial charge in [0.25, 0.3) is 5.91 Å². The first-order chi connectivity index (χ1) is 11.5. The minimum Gasteiger partial charge on any atom is -0.480 e. The van der Waals surface area contributed by atoms with Crippen molar-refractivity contribution in [1.29, 1.82) is 0 Å². The lowest BCUT2D eigenvalue weighted by Crippen LogP contribution is -2.51. The molecule has 0 aliphatic carbocycles. The van der Waals surface area contributed by atoms with Crippen LogP contribution in [0, 0.1) is 6.92 Å². The number of nitrogens with zero attached hydrogens (tertiary/aromatic N) is 3. The molecule has 1 saturated heterocycles. The number of piperazine rings is 1. The molecule has 138 valence electrons. The van der Waals surface area contributed by atoms with E-state index in [0.717, 1.165) is 22.3 Å². The Morgan fingerprint density at radius 2 is 2.16 bits per heavy atom. The molecule has 0 radical (unpaired) electrons. The standard InChI is InChI=1S/C16H22N4O3S.ClH/c1-9-7-20(6-5-17-9)16(21)13-10(2)12-14(23-4)18-11(8-22-3)19-15(12)24-13;/h9,17H,5-8H2,1-4H3;1H. The fourth-order valence-corrected chi connectivity index (χ4v) is 4.11. The van der Waals surface area contributed by atoms with Crippen LogP contribution in [0.5, 0.6) is 5.88 Å². The van der Waals surface area contributed by atoms with Gasteiger partial charge in [-0.15, -0.1) is 23.7 Å². The third kappa shape index (κ3) is 3.87. The number of amides is 1. The van der Waals surface area contributed by atoms with Crippen molar-refractivity contribution in [2.75, 3.05) is 33.9 Å². The molecule has 0 spiro atoms. The number of ether oxygens (including phenoxy) is 2. The number of carbonyl (C=O) groups excluding carboxylic acids is 1. The molecular weight excluding hydrogens is 364 g/mol. The SMILES string of the molecule is COCc1nc(OC)c2c(C)c(C(=O)N3CCNC(C)C3)sc2n1.Cl. The van der Waals surface area contributed by atoms with E-state index >= 15 is 0 Å². The highest BCUT2D eigenvalue weighted by Gasteiger charge is 2.27. The summed E-state index contributed by atoms with van der Waals surface area (Å²) < 4.78 is 10.5. The Morgan fingerprint density at radius 3 is 2.80 bits per heavy atom. The molecule has 7 nitrogen and oxygen atoms in total. The van der Waals surface area contributed by atoms with E-state index in [4.69, 9.17) is 9.47 Å². The molecule has 0 saturated carbocycles. The maximum Gasteiger partial charge on any atom is 0.264 e. The molecule has 3 heterocycles. The van der Waals surface area contributed by atoms with Crippen molar-refractivity contribution in [2.45, 2.75) is 26.5 Å². The number of hydrogen-bond acceptors (Lipinski definition) is 7. The number of halogens is 1. The maximum atomic E-state index is 12.9. The summed E-state index contributed by atoms with van der Waals surface area (Å²) in [5.41, 5.74) is 0.881. The Hall–Kier alpha value is -1.48. The van der Waals surface area contributed by atoms with Gasteiger partial charge in [0.05, 0.1) is 17.4 Å². The number of fused-ring (bicyclic) bond motifs is 1. The lowest BCUT2D eigenvalue weighted by atomic mass is 10.1. The average molecular weight is 387 g/mol. The Balaban J connectivity index is 0.00000225. The van der Waals surface area contributed by atoms with Crippen molar-refractivity contribution < 1.29 is 14.3 Å². The van der Waals surface area contributed by atoms with Gasteiger partial charge < -0.3 is 19.7 Å². The third-order valence-corrected chi connectivity index (χ3v) is 5.29. The molecule has 2 aromatic rings. The summed E-state index contributed by atoms with van der Waals surface area (Å²) in [5.74, 6) is 1.10. The zero-order valence-electron chi connectivity index (χ0n) is 14.8. The highest BCUT2D eigenvalue weighted by molar-refractivity contribution is 7.20. The second kappa shape index (κ2) is 8.27. The summed E-state index contributed by atoms with van der Waals surface area (Å²) in [6.07, 6.45) is 0. The fraction of sp³-hybridized carbons (Fsp3) is 0.562. The van der Waals surface area contributed by atoms with Gasteiger partial charge in [-0.2, -0.15) is 4.98 Å². The van der Waals surface area contributed by atoms with Crippen molar-refractivity contribution in [3.05, 3.63) is 16.3 Å². The second-order valence-corrected chi connectivity index (χ2v) is 6.92. The van der Waals surface area contributed by atoms with Crippen LogP contribution < -0.4 is 10.1 Å². The van der Waals surface area contributed by atoms with E-state index in [0.29, 0.717) is 42.3 Å². The molecule has 1 N–H and O–H groups in total. The van der Waals surface area contributed by atoms with Gasteiger partial charge in [-0.25, -0.2) is 4.98 Å². The zero-order valence-corrected chi connectivity index (χ0v) is 16.4. The van der Waals surface area contributed by atoms with Crippen LogP contribution in [0.1, 0.15) is 28.0 Å². The summed E-state index contributed by atoms with van der Waals surface area (Å²) in [4.78, 5) is 25.2. The Kier molecular flexibility index (Phi) is 6.56. The predicted molar refractivity (Wildman–Crippen MR) is 100 cm³/mol. The van der Waals surface area contributed by atoms with E-state index in [1.165, 1.54) is 11.3 Å². The van der Waals surface area contributed by atoms with Crippen molar-refractivity contribution >= 4 is 39.9 Å². The Morgan fingerprint density at radius 1 is 1.40 bits per heavy atom. The van der Waals surface area contributed by atoms with Crippen LogP contribution in [0.4, 0.5) is 0 Å². The lowest BCUT2D eigenvalue weighted by Gasteiger charge is -2.31. The Labute approximate surface area is 157 Å². The van der Waals surface area contributed by atoms with E-state index in [1.807, 2.05) is 11.8 Å². The van der Waals surface area contributed by atoms with Crippen LogP contribution >= 0.6 is 23.7 Å². The zero-order chi connectivity index (χ0) is 17.3. The van der Waals surface area contributed by atoms with Gasteiger partial charge in [0.2, 0.25) is 5.88 Å². The number of aryl methyl sites for hydroxylation is 1. The highest BCUT2D eigenvalue weighted by Crippen LogP contribution is 2.35. The topological polar surface area (TPSA) is 76.6 Å². The molecule has 1 fully saturated rings. The molecule has 2 aromatic heterocycles. The molecule has 1 unspecified atom stereocenters. The van der Waals surface area contributed by atoms with Gasteiger partial charge in [0.1, 0.15) is 11.4 Å². The summed E-state index contributed by atoms with van der Waals surface area (Å²) in [6, 6.07) is 0.306. The van der Waals surface area contributed by atoms with E-state index in [-0.39, 0.29) is 18.3 Å². The molecule has 1 aliphatic heterocycles. The quantitative estimate of drug-likeness (QED) is 0.866. The van der Waals surface area contributed by atoms with E-state index < -0.39 is 0 Å². The maximum absolute atomic E-state index is 12.9. The van der Waals surface area contributed by atoms with Gasteiger partial charge in [0, 0.05) is 32.8 Å². The van der Waals surface area contributed by atoms with Crippen LogP contribution in [0.15, 0.2) is 0 Å². The molecule has 25 heavy (non-hydrogen) atoms. The third-order valence-electron chi connectivity index (χ3n) is 4.12. The van der Waals surface area contributed by atoms with Crippen LogP contribution in [0.25, 0.3) is 10.2 Å². The number of aromatic nitrogens is 2. The van der Waals surface area contributed by atoms with E-state index in [1.54, 1.807) is 14.2 Å². The predicted octanol–water partition coefficient (Wildman–Crippen LogP) is 2.01. The van der Waals surface area contributed by atoms with Crippen LogP contribution in [-0.4, -0.2) is 60.7 Å². The fourth-order valence-electron chi connectivity index (χ4n) is 2.95. The molecule has 0 aromatic carbocycles. The minimum atomic E-state index is 0. The monoisotopic (exact) mass is 386 g/mol. The van der Waals surface area contributed by atoms with Gasteiger partial charge >= 0.3 is 0 Å². The summed E-state index contributed by atoms with van der Waals surface area (Å²) in [7, 11) is 3.18. The van der Waals surface area contributed by atoms with E-state index in [9.17, 15) is 4.79 Å². The van der Waals surface area contributed by atoms with Crippen LogP contribution in [0.2, 0.25) is 0 Å². The largest absolute Gasteiger partial charge is 0.480 e. The van der Waals surface area contributed by atoms with Crippen molar-refractivity contribution in [1.82, 2.24) is 20.2 Å². The number of methoxy groups -OCH3 is 2. The minimum absolute atomic E-state index is 0. The average Bonchev–Trinajstić information content (AvgIpc) is 2.90. The van der Waals surface area contributed by atoms with Gasteiger partial charge in [0.15, 0.2) is 5.82 Å². The van der Waals surface area contributed by atoms with Gasteiger partial charge in [-0.05, 0) is 19.4 Å². The van der Waals surface area contributed by atoms with Crippen molar-refractivity contribution in [2.24, 2.45) is 0 Å². The lowest BCUT2D eigenvalue weighted by molar-refractivity contribution is 0.0713. The molecule has 3 rings (SSSR count). The number of thiophene rings is 1. The molecule has 1 atom stereocenters. The molecular formula is C16H23ClN4O3S. The first-order valence-corrected chi connectivity index (χ1v) is 8.72. The summed E-state index contributed by atoms with van der Waals surface area (Å²) in [5, 5.41) is 4.17. The normalized spacial score (nSPS) is 17.4. The first-order valence-electron chi connectivity index (χ1n) is 7.90.